The van der Waals surface area contributed by atoms with Gasteiger partial charge in [0.1, 0.15) is 12.2 Å². The van der Waals surface area contributed by atoms with E-state index in [9.17, 15) is 18.4 Å². The monoisotopic (exact) mass is 336 g/mol. The quantitative estimate of drug-likeness (QED) is 0.888. The van der Waals surface area contributed by atoms with E-state index in [1.54, 1.807) is 6.92 Å². The SMILES string of the molecule is CCN(CC(=O)O)C(=O)Nc1c(F)cc(Br)cc1F. The zero-order chi connectivity index (χ0) is 14.6. The normalized spacial score (nSPS) is 10.1. The Balaban J connectivity index is 2.90. The molecule has 0 bridgehead atoms. The van der Waals surface area contributed by atoms with Crippen LogP contribution < -0.4 is 5.32 Å². The Hall–Kier alpha value is -1.70. The van der Waals surface area contributed by atoms with E-state index in [0.29, 0.717) is 0 Å². The number of benzene rings is 1. The minimum Gasteiger partial charge on any atom is -0.480 e. The standard InChI is InChI=1S/C11H11BrF2N2O3/c1-2-16(5-9(17)18)11(19)15-10-7(13)3-6(12)4-8(10)14/h3-4H,2,5H2,1H3,(H,15,19)(H,17,18). The summed E-state index contributed by atoms with van der Waals surface area (Å²) in [6, 6.07) is 1.10. The number of hydrogen-bond donors (Lipinski definition) is 2. The number of aliphatic carboxylic acids is 1. The lowest BCUT2D eigenvalue weighted by atomic mass is 10.3. The van der Waals surface area contributed by atoms with E-state index in [-0.39, 0.29) is 11.0 Å². The number of nitrogens with one attached hydrogen (secondary N) is 1. The lowest BCUT2D eigenvalue weighted by Crippen LogP contribution is -2.38. The average Bonchev–Trinajstić information content (AvgIpc) is 2.30. The fourth-order valence-corrected chi connectivity index (χ4v) is 1.74. The Labute approximate surface area is 116 Å². The molecule has 5 nitrogen and oxygen atoms in total. The van der Waals surface area contributed by atoms with Gasteiger partial charge in [0.25, 0.3) is 0 Å². The minimum absolute atomic E-state index is 0.0951. The van der Waals surface area contributed by atoms with Crippen molar-refractivity contribution in [1.29, 1.82) is 0 Å². The Morgan fingerprint density at radius 1 is 1.37 bits per heavy atom. The van der Waals surface area contributed by atoms with Crippen LogP contribution in [0.15, 0.2) is 16.6 Å². The zero-order valence-electron chi connectivity index (χ0n) is 9.91. The molecular weight excluding hydrogens is 326 g/mol. The first-order valence-electron chi connectivity index (χ1n) is 5.27. The third-order valence-electron chi connectivity index (χ3n) is 2.23. The fourth-order valence-electron chi connectivity index (χ4n) is 1.34. The Bertz CT molecular complexity index is 488. The van der Waals surface area contributed by atoms with Crippen LogP contribution in [0.5, 0.6) is 0 Å². The van der Waals surface area contributed by atoms with Gasteiger partial charge in [0.2, 0.25) is 0 Å². The van der Waals surface area contributed by atoms with Gasteiger partial charge in [-0.15, -0.1) is 0 Å². The molecule has 0 saturated heterocycles. The van der Waals surface area contributed by atoms with E-state index in [2.05, 4.69) is 15.9 Å². The third kappa shape index (κ3) is 4.16. The molecule has 2 amide bonds. The number of carbonyl (C=O) groups is 2. The largest absolute Gasteiger partial charge is 0.480 e. The number of amides is 2. The maximum atomic E-state index is 13.5. The van der Waals surface area contributed by atoms with Gasteiger partial charge in [-0.1, -0.05) is 15.9 Å². The topological polar surface area (TPSA) is 69.6 Å². The van der Waals surface area contributed by atoms with E-state index >= 15 is 0 Å². The maximum Gasteiger partial charge on any atom is 0.323 e. The molecule has 0 radical (unpaired) electrons. The van der Waals surface area contributed by atoms with Crippen molar-refractivity contribution in [1.82, 2.24) is 4.90 Å². The first-order chi connectivity index (χ1) is 8.85. The molecule has 104 valence electrons. The average molecular weight is 337 g/mol. The van der Waals surface area contributed by atoms with Crippen molar-refractivity contribution in [3.63, 3.8) is 0 Å². The highest BCUT2D eigenvalue weighted by molar-refractivity contribution is 9.10. The van der Waals surface area contributed by atoms with Crippen LogP contribution in [0.1, 0.15) is 6.92 Å². The second kappa shape index (κ2) is 6.46. The molecule has 0 aliphatic rings. The van der Waals surface area contributed by atoms with Crippen molar-refractivity contribution >= 4 is 33.6 Å². The van der Waals surface area contributed by atoms with E-state index in [1.165, 1.54) is 0 Å². The van der Waals surface area contributed by atoms with Crippen molar-refractivity contribution in [2.24, 2.45) is 0 Å². The van der Waals surface area contributed by atoms with Gasteiger partial charge >= 0.3 is 12.0 Å². The first kappa shape index (κ1) is 15.4. The predicted molar refractivity (Wildman–Crippen MR) is 68.0 cm³/mol. The van der Waals surface area contributed by atoms with E-state index in [1.807, 2.05) is 5.32 Å². The van der Waals surface area contributed by atoms with E-state index in [0.717, 1.165) is 17.0 Å². The number of rotatable bonds is 4. The Morgan fingerprint density at radius 2 is 1.89 bits per heavy atom. The van der Waals surface area contributed by atoms with E-state index < -0.39 is 35.9 Å². The van der Waals surface area contributed by atoms with E-state index in [4.69, 9.17) is 5.11 Å². The van der Waals surface area contributed by atoms with Gasteiger partial charge in [-0.05, 0) is 19.1 Å². The second-order valence-electron chi connectivity index (χ2n) is 3.58. The minimum atomic E-state index is -1.21. The molecule has 0 saturated carbocycles. The fraction of sp³-hybridized carbons (Fsp3) is 0.273. The van der Waals surface area contributed by atoms with Gasteiger partial charge in [-0.2, -0.15) is 0 Å². The van der Waals surface area contributed by atoms with Crippen molar-refractivity contribution in [2.75, 3.05) is 18.4 Å². The van der Waals surface area contributed by atoms with Crippen molar-refractivity contribution < 1.29 is 23.5 Å². The lowest BCUT2D eigenvalue weighted by molar-refractivity contribution is -0.137. The number of halogens is 3. The number of urea groups is 1. The van der Waals surface area contributed by atoms with Crippen LogP contribution in [-0.2, 0) is 4.79 Å². The van der Waals surface area contributed by atoms with Gasteiger partial charge in [0.05, 0.1) is 0 Å². The summed E-state index contributed by atoms with van der Waals surface area (Å²) >= 11 is 2.91. The molecule has 2 N–H and O–H groups in total. The number of hydrogen-bond acceptors (Lipinski definition) is 2. The molecule has 1 rings (SSSR count). The smallest absolute Gasteiger partial charge is 0.323 e. The van der Waals surface area contributed by atoms with Crippen molar-refractivity contribution in [3.05, 3.63) is 28.2 Å². The summed E-state index contributed by atoms with van der Waals surface area (Å²) in [5.74, 6) is -3.12. The second-order valence-corrected chi connectivity index (χ2v) is 4.50. The molecule has 0 fully saturated rings. The molecule has 0 heterocycles. The number of anilines is 1. The molecule has 0 atom stereocenters. The summed E-state index contributed by atoms with van der Waals surface area (Å²) in [5, 5.41) is 10.6. The highest BCUT2D eigenvalue weighted by Gasteiger charge is 2.19. The predicted octanol–water partition coefficient (Wildman–Crippen LogP) is 2.67. The van der Waals surface area contributed by atoms with Gasteiger partial charge < -0.3 is 15.3 Å². The molecule has 1 aromatic carbocycles. The molecule has 0 aliphatic carbocycles. The summed E-state index contributed by atoms with van der Waals surface area (Å²) in [4.78, 5) is 23.1. The highest BCUT2D eigenvalue weighted by Crippen LogP contribution is 2.23. The molecule has 1 aromatic rings. The van der Waals surface area contributed by atoms with Gasteiger partial charge in [-0.3, -0.25) is 4.79 Å². The first-order valence-corrected chi connectivity index (χ1v) is 6.06. The van der Waals surface area contributed by atoms with Crippen LogP contribution in [-0.4, -0.2) is 35.1 Å². The van der Waals surface area contributed by atoms with Crippen LogP contribution in [0.3, 0.4) is 0 Å². The van der Waals surface area contributed by atoms with Gasteiger partial charge in [-0.25, -0.2) is 13.6 Å². The lowest BCUT2D eigenvalue weighted by Gasteiger charge is -2.19. The van der Waals surface area contributed by atoms with Crippen molar-refractivity contribution in [2.45, 2.75) is 6.92 Å². The third-order valence-corrected chi connectivity index (χ3v) is 2.69. The number of carboxylic acids is 1. The Kier molecular flexibility index (Phi) is 5.22. The number of nitrogens with zero attached hydrogens (tertiary/aromatic N) is 1. The molecule has 0 aliphatic heterocycles. The molecule has 8 heteroatoms. The van der Waals surface area contributed by atoms with Crippen LogP contribution in [0.2, 0.25) is 0 Å². The molecule has 0 spiro atoms. The summed E-state index contributed by atoms with van der Waals surface area (Å²) in [6.07, 6.45) is 0. The maximum absolute atomic E-state index is 13.5. The molecule has 0 aromatic heterocycles. The molecule has 0 unspecified atom stereocenters. The van der Waals surface area contributed by atoms with Crippen LogP contribution in [0, 0.1) is 11.6 Å². The van der Waals surface area contributed by atoms with Gasteiger partial charge in [0.15, 0.2) is 11.6 Å². The van der Waals surface area contributed by atoms with Gasteiger partial charge in [0, 0.05) is 11.0 Å². The number of likely N-dealkylation sites (N-methyl/N-ethyl adjacent to an activating group) is 1. The Morgan fingerprint density at radius 3 is 2.32 bits per heavy atom. The van der Waals surface area contributed by atoms with Crippen LogP contribution in [0.4, 0.5) is 19.3 Å². The summed E-state index contributed by atoms with van der Waals surface area (Å²) < 4.78 is 27.2. The summed E-state index contributed by atoms with van der Waals surface area (Å²) in [6.45, 7) is 1.09. The number of carboxylic acid groups (broad SMARTS) is 1. The van der Waals surface area contributed by atoms with Crippen LogP contribution in [0.25, 0.3) is 0 Å². The zero-order valence-corrected chi connectivity index (χ0v) is 11.5. The number of carbonyl (C=O) groups excluding carboxylic acids is 1. The molecule has 19 heavy (non-hydrogen) atoms. The summed E-state index contributed by atoms with van der Waals surface area (Å²) in [7, 11) is 0. The van der Waals surface area contributed by atoms with Crippen LogP contribution >= 0.6 is 15.9 Å². The van der Waals surface area contributed by atoms with Crippen molar-refractivity contribution in [3.8, 4) is 0 Å². The highest BCUT2D eigenvalue weighted by atomic mass is 79.9. The summed E-state index contributed by atoms with van der Waals surface area (Å²) in [5.41, 5.74) is -0.614. The molecular formula is C11H11BrF2N2O3.